The van der Waals surface area contributed by atoms with Gasteiger partial charge in [0.2, 0.25) is 0 Å². The van der Waals surface area contributed by atoms with Crippen molar-refractivity contribution in [1.29, 1.82) is 0 Å². The van der Waals surface area contributed by atoms with Crippen LogP contribution >= 0.6 is 0 Å². The van der Waals surface area contributed by atoms with Gasteiger partial charge in [0.15, 0.2) is 0 Å². The lowest BCUT2D eigenvalue weighted by molar-refractivity contribution is 0.101. The van der Waals surface area contributed by atoms with E-state index in [1.165, 1.54) is 0 Å². The fourth-order valence-corrected chi connectivity index (χ4v) is 6.81. The Morgan fingerprint density at radius 3 is 1.39 bits per heavy atom. The highest BCUT2D eigenvalue weighted by atomic mass is 32.2. The van der Waals surface area contributed by atoms with Gasteiger partial charge in [-0.2, -0.15) is 16.8 Å². The summed E-state index contributed by atoms with van der Waals surface area (Å²) >= 11 is 0. The molecule has 0 unspecified atom stereocenters. The molecular weight excluding hydrogens is 436 g/mol. The van der Waals surface area contributed by atoms with Crippen LogP contribution in [0.1, 0.15) is 30.4 Å². The maximum atomic E-state index is 12.6. The molecule has 0 aliphatic heterocycles. The minimum absolute atomic E-state index is 0.0350. The molecule has 2 fully saturated rings. The summed E-state index contributed by atoms with van der Waals surface area (Å²) in [5, 5.41) is 0. The summed E-state index contributed by atoms with van der Waals surface area (Å²) in [5.74, 6) is 0.613. The molecule has 31 heavy (non-hydrogen) atoms. The van der Waals surface area contributed by atoms with Gasteiger partial charge >= 0.3 is 0 Å². The zero-order chi connectivity index (χ0) is 22.2. The minimum Gasteiger partial charge on any atom is -0.266 e. The van der Waals surface area contributed by atoms with Crippen LogP contribution in [0.4, 0.5) is 0 Å². The van der Waals surface area contributed by atoms with Gasteiger partial charge in [-0.3, -0.25) is 8.37 Å². The molecule has 168 valence electrons. The Labute approximate surface area is 184 Å². The van der Waals surface area contributed by atoms with Crippen LogP contribution in [0.25, 0.3) is 0 Å². The molecular formula is C23H28O6S2. The second kappa shape index (κ2) is 8.65. The summed E-state index contributed by atoms with van der Waals surface area (Å²) in [4.78, 5) is 0.270. The van der Waals surface area contributed by atoms with Crippen LogP contribution < -0.4 is 0 Å². The van der Waals surface area contributed by atoms with Crippen molar-refractivity contribution >= 4 is 20.2 Å². The Morgan fingerprint density at radius 1 is 0.677 bits per heavy atom. The summed E-state index contributed by atoms with van der Waals surface area (Å²) < 4.78 is 61.2. The van der Waals surface area contributed by atoms with E-state index in [9.17, 15) is 16.8 Å². The standard InChI is InChI=1S/C23H28O6S2/c1-16-3-9-20(10-4-16)30(24,25)28-14-22-18-7-8-19(13-18)23(22)15-29-31(26,27)21-11-5-17(2)6-12-21/h3-6,9-12,18-19,22-23H,7-8,13-15H2,1-2H3/t18-,19-,22-,23+/m0/s1. The molecule has 0 saturated heterocycles. The number of aryl methyl sites for hydroxylation is 2. The molecule has 0 aromatic heterocycles. The van der Waals surface area contributed by atoms with Gasteiger partial charge in [0.05, 0.1) is 23.0 Å². The summed E-state index contributed by atoms with van der Waals surface area (Å²) in [6, 6.07) is 13.1. The van der Waals surface area contributed by atoms with Crippen molar-refractivity contribution in [3.8, 4) is 0 Å². The first-order chi connectivity index (χ1) is 14.7. The van der Waals surface area contributed by atoms with Crippen LogP contribution in [0.3, 0.4) is 0 Å². The highest BCUT2D eigenvalue weighted by Crippen LogP contribution is 2.52. The lowest BCUT2D eigenvalue weighted by Gasteiger charge is -2.30. The Morgan fingerprint density at radius 2 is 1.03 bits per heavy atom. The number of benzene rings is 2. The van der Waals surface area contributed by atoms with Gasteiger partial charge in [-0.25, -0.2) is 0 Å². The zero-order valence-corrected chi connectivity index (χ0v) is 19.4. The Kier molecular flexibility index (Phi) is 6.27. The van der Waals surface area contributed by atoms with E-state index in [-0.39, 0.29) is 34.8 Å². The molecule has 0 amide bonds. The van der Waals surface area contributed by atoms with E-state index in [1.807, 2.05) is 13.8 Å². The smallest absolute Gasteiger partial charge is 0.266 e. The molecule has 2 bridgehead atoms. The predicted molar refractivity (Wildman–Crippen MR) is 116 cm³/mol. The SMILES string of the molecule is Cc1ccc(S(=O)(=O)OC[C@@H]2[C@H]3CC[C@@H](C3)[C@@H]2COS(=O)(=O)c2ccc(C)cc2)cc1. The summed E-state index contributed by atoms with van der Waals surface area (Å²) in [6.45, 7) is 3.88. The third kappa shape index (κ3) is 4.87. The average Bonchev–Trinajstić information content (AvgIpc) is 3.33. The molecule has 0 heterocycles. The third-order valence-electron chi connectivity index (χ3n) is 6.73. The van der Waals surface area contributed by atoms with Crippen LogP contribution in [0.15, 0.2) is 58.3 Å². The van der Waals surface area contributed by atoms with Crippen LogP contribution in [0.2, 0.25) is 0 Å². The van der Waals surface area contributed by atoms with Gasteiger partial charge in [-0.1, -0.05) is 35.4 Å². The summed E-state index contributed by atoms with van der Waals surface area (Å²) in [6.07, 6.45) is 3.01. The van der Waals surface area contributed by atoms with Crippen molar-refractivity contribution in [2.75, 3.05) is 13.2 Å². The van der Waals surface area contributed by atoms with E-state index >= 15 is 0 Å². The van der Waals surface area contributed by atoms with Crippen LogP contribution in [0, 0.1) is 37.5 Å². The van der Waals surface area contributed by atoms with Crippen LogP contribution in [-0.2, 0) is 28.6 Å². The van der Waals surface area contributed by atoms with Crippen LogP contribution in [0.5, 0.6) is 0 Å². The molecule has 2 aromatic rings. The van der Waals surface area contributed by atoms with Crippen molar-refractivity contribution in [2.24, 2.45) is 23.7 Å². The summed E-state index contributed by atoms with van der Waals surface area (Å²) in [7, 11) is -7.71. The van der Waals surface area contributed by atoms with Gasteiger partial charge < -0.3 is 0 Å². The molecule has 2 saturated carbocycles. The number of rotatable bonds is 8. The van der Waals surface area contributed by atoms with Crippen molar-refractivity contribution in [2.45, 2.75) is 42.9 Å². The normalized spacial score (nSPS) is 25.7. The van der Waals surface area contributed by atoms with Gasteiger partial charge in [0, 0.05) is 0 Å². The Hall–Kier alpha value is -1.74. The number of fused-ring (bicyclic) bond motifs is 2. The van der Waals surface area contributed by atoms with Crippen LogP contribution in [-0.4, -0.2) is 30.0 Å². The molecule has 0 radical (unpaired) electrons. The first-order valence-corrected chi connectivity index (χ1v) is 13.4. The van der Waals surface area contributed by atoms with Gasteiger partial charge in [-0.05, 0) is 81.0 Å². The monoisotopic (exact) mass is 464 g/mol. The number of hydrogen-bond donors (Lipinski definition) is 0. The molecule has 4 rings (SSSR count). The van der Waals surface area contributed by atoms with E-state index in [0.29, 0.717) is 11.8 Å². The van der Waals surface area contributed by atoms with E-state index in [1.54, 1.807) is 48.5 Å². The second-order valence-corrected chi connectivity index (χ2v) is 12.0. The molecule has 4 atom stereocenters. The van der Waals surface area contributed by atoms with Gasteiger partial charge in [0.25, 0.3) is 20.2 Å². The second-order valence-electron chi connectivity index (χ2n) is 8.76. The molecule has 6 nitrogen and oxygen atoms in total. The van der Waals surface area contributed by atoms with E-state index < -0.39 is 20.2 Å². The fourth-order valence-electron chi connectivity index (χ4n) is 4.93. The van der Waals surface area contributed by atoms with E-state index in [4.69, 9.17) is 8.37 Å². The van der Waals surface area contributed by atoms with Crippen molar-refractivity contribution < 1.29 is 25.2 Å². The molecule has 2 aliphatic rings. The average molecular weight is 465 g/mol. The molecule has 2 aromatic carbocycles. The highest BCUT2D eigenvalue weighted by Gasteiger charge is 2.48. The van der Waals surface area contributed by atoms with Gasteiger partial charge in [-0.15, -0.1) is 0 Å². The topological polar surface area (TPSA) is 86.7 Å². The Bertz CT molecular complexity index is 1030. The van der Waals surface area contributed by atoms with Crippen molar-refractivity contribution in [3.05, 3.63) is 59.7 Å². The van der Waals surface area contributed by atoms with Crippen molar-refractivity contribution in [3.63, 3.8) is 0 Å². The maximum absolute atomic E-state index is 12.6. The third-order valence-corrected chi connectivity index (χ3v) is 9.32. The number of hydrogen-bond acceptors (Lipinski definition) is 6. The largest absolute Gasteiger partial charge is 0.296 e. The lowest BCUT2D eigenvalue weighted by atomic mass is 9.80. The lowest BCUT2D eigenvalue weighted by Crippen LogP contribution is -2.31. The quantitative estimate of drug-likeness (QED) is 0.547. The Balaban J connectivity index is 1.43. The van der Waals surface area contributed by atoms with E-state index in [0.717, 1.165) is 30.4 Å². The minimum atomic E-state index is -3.85. The van der Waals surface area contributed by atoms with Gasteiger partial charge in [0.1, 0.15) is 0 Å². The highest BCUT2D eigenvalue weighted by molar-refractivity contribution is 7.87. The first-order valence-electron chi connectivity index (χ1n) is 10.6. The molecule has 2 aliphatic carbocycles. The maximum Gasteiger partial charge on any atom is 0.296 e. The molecule has 0 spiro atoms. The molecule has 0 N–H and O–H groups in total. The first kappa shape index (κ1) is 22.5. The predicted octanol–water partition coefficient (Wildman–Crippen LogP) is 4.08. The summed E-state index contributed by atoms with van der Waals surface area (Å²) in [5.41, 5.74) is 1.94. The fraction of sp³-hybridized carbons (Fsp3) is 0.478. The molecule has 8 heteroatoms. The van der Waals surface area contributed by atoms with E-state index in [2.05, 4.69) is 0 Å². The zero-order valence-electron chi connectivity index (χ0n) is 17.7. The van der Waals surface area contributed by atoms with Crippen molar-refractivity contribution in [1.82, 2.24) is 0 Å².